The van der Waals surface area contributed by atoms with E-state index in [-0.39, 0.29) is 0 Å². The SMILES string of the molecule is C\C=C(C)/C=N\C(C)=C(\C)CC. The summed E-state index contributed by atoms with van der Waals surface area (Å²) in [5, 5.41) is 0. The molecule has 1 nitrogen and oxygen atoms in total. The van der Waals surface area contributed by atoms with Crippen molar-refractivity contribution >= 4 is 6.21 Å². The summed E-state index contributed by atoms with van der Waals surface area (Å²) in [6.45, 7) is 10.4. The van der Waals surface area contributed by atoms with Crippen molar-refractivity contribution in [2.75, 3.05) is 0 Å². The molecule has 0 aromatic carbocycles. The highest BCUT2D eigenvalue weighted by atomic mass is 14.7. The Labute approximate surface area is 75.9 Å². The number of hydrogen-bond acceptors (Lipinski definition) is 1. The molecule has 0 unspecified atom stereocenters. The van der Waals surface area contributed by atoms with Crippen LogP contribution in [-0.2, 0) is 0 Å². The van der Waals surface area contributed by atoms with Gasteiger partial charge in [0.1, 0.15) is 0 Å². The molecule has 0 amide bonds. The van der Waals surface area contributed by atoms with E-state index in [1.54, 1.807) is 0 Å². The first-order chi connectivity index (χ1) is 5.61. The summed E-state index contributed by atoms with van der Waals surface area (Å²) in [4.78, 5) is 4.35. The van der Waals surface area contributed by atoms with E-state index in [1.807, 2.05) is 13.1 Å². The Kier molecular flexibility index (Phi) is 5.35. The van der Waals surface area contributed by atoms with E-state index in [9.17, 15) is 0 Å². The molecule has 0 rings (SSSR count). The second-order valence-corrected chi connectivity index (χ2v) is 3.01. The number of aliphatic imine (C=N–C) groups is 1. The van der Waals surface area contributed by atoms with E-state index >= 15 is 0 Å². The summed E-state index contributed by atoms with van der Waals surface area (Å²) in [5.74, 6) is 0. The van der Waals surface area contributed by atoms with E-state index in [0.717, 1.165) is 12.1 Å². The molecule has 0 aliphatic heterocycles. The molecule has 0 bridgehead atoms. The van der Waals surface area contributed by atoms with Crippen LogP contribution in [0.2, 0.25) is 0 Å². The van der Waals surface area contributed by atoms with Gasteiger partial charge in [-0.05, 0) is 39.7 Å². The molecule has 0 aromatic rings. The lowest BCUT2D eigenvalue weighted by atomic mass is 10.2. The average molecular weight is 165 g/mol. The lowest BCUT2D eigenvalue weighted by molar-refractivity contribution is 1.04. The van der Waals surface area contributed by atoms with Crippen LogP contribution in [0, 0.1) is 0 Å². The van der Waals surface area contributed by atoms with E-state index in [0.29, 0.717) is 0 Å². The van der Waals surface area contributed by atoms with Crippen LogP contribution >= 0.6 is 0 Å². The van der Waals surface area contributed by atoms with Crippen molar-refractivity contribution in [1.29, 1.82) is 0 Å². The third-order valence-corrected chi connectivity index (χ3v) is 2.07. The lowest BCUT2D eigenvalue weighted by Crippen LogP contribution is -1.82. The highest BCUT2D eigenvalue weighted by molar-refractivity contribution is 5.78. The molecule has 0 aromatic heterocycles. The van der Waals surface area contributed by atoms with Crippen molar-refractivity contribution in [3.63, 3.8) is 0 Å². The zero-order chi connectivity index (χ0) is 9.56. The minimum Gasteiger partial charge on any atom is -0.261 e. The summed E-state index contributed by atoms with van der Waals surface area (Å²) in [6.07, 6.45) is 5.05. The zero-order valence-electron chi connectivity index (χ0n) is 8.81. The van der Waals surface area contributed by atoms with Gasteiger partial charge in [0, 0.05) is 11.9 Å². The predicted molar refractivity (Wildman–Crippen MR) is 56.6 cm³/mol. The zero-order valence-corrected chi connectivity index (χ0v) is 8.81. The minimum atomic E-state index is 1.08. The van der Waals surface area contributed by atoms with Gasteiger partial charge in [0.05, 0.1) is 0 Å². The van der Waals surface area contributed by atoms with Gasteiger partial charge in [-0.25, -0.2) is 0 Å². The Morgan fingerprint density at radius 1 is 1.25 bits per heavy atom. The molecule has 0 radical (unpaired) electrons. The second-order valence-electron chi connectivity index (χ2n) is 3.01. The highest BCUT2D eigenvalue weighted by Gasteiger charge is 1.89. The predicted octanol–water partition coefficient (Wildman–Crippen LogP) is 3.73. The largest absolute Gasteiger partial charge is 0.261 e. The molecule has 0 aliphatic carbocycles. The lowest BCUT2D eigenvalue weighted by Gasteiger charge is -1.98. The molecule has 0 aliphatic rings. The molecule has 0 spiro atoms. The Morgan fingerprint density at radius 2 is 1.83 bits per heavy atom. The molecular formula is C11H19N. The molecular weight excluding hydrogens is 146 g/mol. The summed E-state index contributed by atoms with van der Waals surface area (Å²) < 4.78 is 0. The van der Waals surface area contributed by atoms with Gasteiger partial charge in [-0.3, -0.25) is 4.99 Å². The smallest absolute Gasteiger partial charge is 0.0361 e. The van der Waals surface area contributed by atoms with Crippen LogP contribution < -0.4 is 0 Å². The fourth-order valence-corrected chi connectivity index (χ4v) is 0.639. The van der Waals surface area contributed by atoms with Gasteiger partial charge in [0.15, 0.2) is 0 Å². The van der Waals surface area contributed by atoms with Crippen LogP contribution in [0.4, 0.5) is 0 Å². The maximum atomic E-state index is 4.35. The number of hydrogen-bond donors (Lipinski definition) is 0. The molecule has 0 N–H and O–H groups in total. The molecule has 12 heavy (non-hydrogen) atoms. The van der Waals surface area contributed by atoms with E-state index in [4.69, 9.17) is 0 Å². The maximum Gasteiger partial charge on any atom is 0.0361 e. The van der Waals surface area contributed by atoms with Gasteiger partial charge in [0.25, 0.3) is 0 Å². The molecule has 0 heterocycles. The quantitative estimate of drug-likeness (QED) is 0.565. The van der Waals surface area contributed by atoms with Crippen LogP contribution in [0.5, 0.6) is 0 Å². The molecule has 1 heteroatoms. The standard InChI is InChI=1S/C11H19N/c1-6-9(3)8-12-11(5)10(4)7-2/h6,8H,7H2,1-5H3/b9-6-,11-10-,12-8-. The monoisotopic (exact) mass is 165 g/mol. The van der Waals surface area contributed by atoms with E-state index in [2.05, 4.69) is 38.8 Å². The fraction of sp³-hybridized carbons (Fsp3) is 0.545. The van der Waals surface area contributed by atoms with Crippen LogP contribution in [0.3, 0.4) is 0 Å². The Bertz CT molecular complexity index is 219. The molecule has 0 saturated carbocycles. The normalized spacial score (nSPS) is 15.2. The van der Waals surface area contributed by atoms with E-state index < -0.39 is 0 Å². The van der Waals surface area contributed by atoms with Crippen molar-refractivity contribution in [1.82, 2.24) is 0 Å². The topological polar surface area (TPSA) is 12.4 Å². The molecule has 68 valence electrons. The van der Waals surface area contributed by atoms with Crippen LogP contribution in [0.1, 0.15) is 41.0 Å². The molecule has 0 saturated heterocycles. The van der Waals surface area contributed by atoms with Crippen molar-refractivity contribution in [2.24, 2.45) is 4.99 Å². The minimum absolute atomic E-state index is 1.08. The van der Waals surface area contributed by atoms with Gasteiger partial charge in [-0.1, -0.05) is 18.6 Å². The number of allylic oxidation sites excluding steroid dienone is 4. The molecule has 0 atom stereocenters. The summed E-state index contributed by atoms with van der Waals surface area (Å²) >= 11 is 0. The molecule has 0 fully saturated rings. The van der Waals surface area contributed by atoms with Gasteiger partial charge >= 0.3 is 0 Å². The summed E-state index contributed by atoms with van der Waals surface area (Å²) in [6, 6.07) is 0. The van der Waals surface area contributed by atoms with Crippen molar-refractivity contribution in [3.05, 3.63) is 22.9 Å². The number of nitrogens with zero attached hydrogens (tertiary/aromatic N) is 1. The highest BCUT2D eigenvalue weighted by Crippen LogP contribution is 2.07. The van der Waals surface area contributed by atoms with Crippen molar-refractivity contribution in [2.45, 2.75) is 41.0 Å². The summed E-state index contributed by atoms with van der Waals surface area (Å²) in [7, 11) is 0. The third-order valence-electron chi connectivity index (χ3n) is 2.07. The first-order valence-electron chi connectivity index (χ1n) is 4.45. The van der Waals surface area contributed by atoms with Crippen molar-refractivity contribution in [3.8, 4) is 0 Å². The summed E-state index contributed by atoms with van der Waals surface area (Å²) in [5.41, 5.74) is 3.70. The maximum absolute atomic E-state index is 4.35. The second kappa shape index (κ2) is 5.76. The van der Waals surface area contributed by atoms with Gasteiger partial charge in [-0.15, -0.1) is 0 Å². The number of rotatable bonds is 3. The van der Waals surface area contributed by atoms with Gasteiger partial charge in [-0.2, -0.15) is 0 Å². The van der Waals surface area contributed by atoms with Gasteiger partial charge < -0.3 is 0 Å². The Morgan fingerprint density at radius 3 is 2.25 bits per heavy atom. The average Bonchev–Trinajstić information content (AvgIpc) is 2.11. The third kappa shape index (κ3) is 4.12. The first kappa shape index (κ1) is 11.2. The first-order valence-corrected chi connectivity index (χ1v) is 4.45. The van der Waals surface area contributed by atoms with Crippen molar-refractivity contribution < 1.29 is 0 Å². The van der Waals surface area contributed by atoms with Crippen LogP contribution in [0.25, 0.3) is 0 Å². The Hall–Kier alpha value is -0.850. The van der Waals surface area contributed by atoms with E-state index in [1.165, 1.54) is 11.1 Å². The van der Waals surface area contributed by atoms with Crippen LogP contribution in [0.15, 0.2) is 27.9 Å². The van der Waals surface area contributed by atoms with Gasteiger partial charge in [0.2, 0.25) is 0 Å². The fourth-order valence-electron chi connectivity index (χ4n) is 0.639. The van der Waals surface area contributed by atoms with Crippen LogP contribution in [-0.4, -0.2) is 6.21 Å². The Balaban J connectivity index is 4.36.